The summed E-state index contributed by atoms with van der Waals surface area (Å²) < 4.78 is 10.8. The van der Waals surface area contributed by atoms with Crippen LogP contribution < -0.4 is 15.2 Å². The highest BCUT2D eigenvalue weighted by molar-refractivity contribution is 5.40. The molecule has 0 fully saturated rings. The molecule has 17 heavy (non-hydrogen) atoms. The number of nitriles is 1. The van der Waals surface area contributed by atoms with Gasteiger partial charge >= 0.3 is 0 Å². The van der Waals surface area contributed by atoms with Crippen LogP contribution in [0.15, 0.2) is 18.2 Å². The number of nitrogens with zero attached hydrogens (tertiary/aromatic N) is 1. The fourth-order valence-corrected chi connectivity index (χ4v) is 1.45. The lowest BCUT2D eigenvalue weighted by molar-refractivity contribution is 0.302. The maximum Gasteiger partial charge on any atom is 0.127 e. The monoisotopic (exact) mass is 234 g/mol. The molecule has 0 radical (unpaired) electrons. The van der Waals surface area contributed by atoms with Crippen LogP contribution in [0.25, 0.3) is 0 Å². The average Bonchev–Trinajstić information content (AvgIpc) is 2.38. The second kappa shape index (κ2) is 7.53. The summed E-state index contributed by atoms with van der Waals surface area (Å²) in [7, 11) is 1.62. The van der Waals surface area contributed by atoms with Gasteiger partial charge in [0, 0.05) is 24.6 Å². The molecule has 1 aromatic rings. The number of methoxy groups -OCH3 is 1. The van der Waals surface area contributed by atoms with Crippen LogP contribution >= 0.6 is 0 Å². The van der Waals surface area contributed by atoms with Gasteiger partial charge in [0.25, 0.3) is 0 Å². The van der Waals surface area contributed by atoms with Gasteiger partial charge in [-0.3, -0.25) is 0 Å². The number of hydrogen-bond donors (Lipinski definition) is 1. The first kappa shape index (κ1) is 13.3. The lowest BCUT2D eigenvalue weighted by atomic mass is 10.2. The summed E-state index contributed by atoms with van der Waals surface area (Å²) in [6, 6.07) is 7.72. The van der Waals surface area contributed by atoms with Gasteiger partial charge in [0.15, 0.2) is 0 Å². The third kappa shape index (κ3) is 4.33. The van der Waals surface area contributed by atoms with Gasteiger partial charge in [-0.1, -0.05) is 6.07 Å². The Bertz CT molecular complexity index is 385. The Kier molecular flexibility index (Phi) is 5.91. The molecule has 0 bridgehead atoms. The molecule has 0 aromatic heterocycles. The van der Waals surface area contributed by atoms with Crippen molar-refractivity contribution in [3.05, 3.63) is 23.8 Å². The topological polar surface area (TPSA) is 68.3 Å². The van der Waals surface area contributed by atoms with E-state index in [0.717, 1.165) is 29.9 Å². The fourth-order valence-electron chi connectivity index (χ4n) is 1.45. The van der Waals surface area contributed by atoms with E-state index in [0.29, 0.717) is 19.6 Å². The first-order chi connectivity index (χ1) is 8.31. The first-order valence-electron chi connectivity index (χ1n) is 5.68. The minimum absolute atomic E-state index is 0.442. The Hall–Kier alpha value is -1.73. The summed E-state index contributed by atoms with van der Waals surface area (Å²) in [5.74, 6) is 1.53. The summed E-state index contributed by atoms with van der Waals surface area (Å²) in [6.45, 7) is 1.04. The van der Waals surface area contributed by atoms with Crippen molar-refractivity contribution in [2.45, 2.75) is 25.8 Å². The predicted octanol–water partition coefficient (Wildman–Crippen LogP) is 2.23. The third-order valence-corrected chi connectivity index (χ3v) is 2.43. The van der Waals surface area contributed by atoms with Crippen LogP contribution in [0.2, 0.25) is 0 Å². The van der Waals surface area contributed by atoms with Crippen molar-refractivity contribution in [3.63, 3.8) is 0 Å². The van der Waals surface area contributed by atoms with Gasteiger partial charge in [0.05, 0.1) is 19.8 Å². The molecule has 0 amide bonds. The van der Waals surface area contributed by atoms with Gasteiger partial charge in [-0.15, -0.1) is 0 Å². The lowest BCUT2D eigenvalue weighted by Crippen LogP contribution is -2.04. The second-order valence-electron chi connectivity index (χ2n) is 3.64. The highest BCUT2D eigenvalue weighted by Crippen LogP contribution is 2.24. The van der Waals surface area contributed by atoms with Gasteiger partial charge in [-0.25, -0.2) is 0 Å². The number of rotatable bonds is 7. The quantitative estimate of drug-likeness (QED) is 0.734. The maximum absolute atomic E-state index is 8.41. The van der Waals surface area contributed by atoms with Gasteiger partial charge < -0.3 is 15.2 Å². The Morgan fingerprint density at radius 1 is 1.35 bits per heavy atom. The summed E-state index contributed by atoms with van der Waals surface area (Å²) in [4.78, 5) is 0. The van der Waals surface area contributed by atoms with Crippen LogP contribution in [0.4, 0.5) is 0 Å². The Morgan fingerprint density at radius 2 is 2.18 bits per heavy atom. The zero-order valence-electron chi connectivity index (χ0n) is 10.1. The van der Waals surface area contributed by atoms with E-state index in [4.69, 9.17) is 20.5 Å². The van der Waals surface area contributed by atoms with E-state index in [1.165, 1.54) is 0 Å². The van der Waals surface area contributed by atoms with E-state index in [1.54, 1.807) is 7.11 Å². The van der Waals surface area contributed by atoms with Crippen molar-refractivity contribution in [3.8, 4) is 17.6 Å². The Balaban J connectivity index is 2.53. The molecule has 0 aliphatic heterocycles. The second-order valence-corrected chi connectivity index (χ2v) is 3.64. The largest absolute Gasteiger partial charge is 0.497 e. The molecule has 0 saturated heterocycles. The van der Waals surface area contributed by atoms with E-state index < -0.39 is 0 Å². The molecule has 1 rings (SSSR count). The van der Waals surface area contributed by atoms with Crippen molar-refractivity contribution in [1.29, 1.82) is 5.26 Å². The molecule has 1 aromatic carbocycles. The number of benzene rings is 1. The normalized spacial score (nSPS) is 9.71. The molecule has 4 heteroatoms. The number of hydrogen-bond acceptors (Lipinski definition) is 4. The van der Waals surface area contributed by atoms with Gasteiger partial charge in [-0.05, 0) is 18.9 Å². The van der Waals surface area contributed by atoms with Crippen molar-refractivity contribution in [2.75, 3.05) is 13.7 Å². The molecule has 0 saturated carbocycles. The smallest absolute Gasteiger partial charge is 0.127 e. The average molecular weight is 234 g/mol. The molecule has 0 atom stereocenters. The summed E-state index contributed by atoms with van der Waals surface area (Å²) in [5, 5.41) is 8.41. The van der Waals surface area contributed by atoms with Crippen LogP contribution in [-0.2, 0) is 6.54 Å². The fraction of sp³-hybridized carbons (Fsp3) is 0.462. The third-order valence-electron chi connectivity index (χ3n) is 2.43. The summed E-state index contributed by atoms with van der Waals surface area (Å²) in [6.07, 6.45) is 2.30. The maximum atomic E-state index is 8.41. The number of unbranched alkanes of at least 4 members (excludes halogenated alkanes) is 2. The van der Waals surface area contributed by atoms with Gasteiger partial charge in [-0.2, -0.15) is 5.26 Å². The van der Waals surface area contributed by atoms with Crippen molar-refractivity contribution in [2.24, 2.45) is 5.73 Å². The van der Waals surface area contributed by atoms with Crippen LogP contribution in [0, 0.1) is 11.3 Å². The van der Waals surface area contributed by atoms with Crippen LogP contribution in [-0.4, -0.2) is 13.7 Å². The van der Waals surface area contributed by atoms with Crippen LogP contribution in [0.1, 0.15) is 24.8 Å². The van der Waals surface area contributed by atoms with Crippen molar-refractivity contribution in [1.82, 2.24) is 0 Å². The van der Waals surface area contributed by atoms with Crippen LogP contribution in [0.3, 0.4) is 0 Å². The van der Waals surface area contributed by atoms with Crippen molar-refractivity contribution >= 4 is 0 Å². The van der Waals surface area contributed by atoms with E-state index in [-0.39, 0.29) is 0 Å². The first-order valence-corrected chi connectivity index (χ1v) is 5.68. The lowest BCUT2D eigenvalue weighted by Gasteiger charge is -2.11. The van der Waals surface area contributed by atoms with E-state index in [2.05, 4.69) is 6.07 Å². The van der Waals surface area contributed by atoms with Crippen LogP contribution in [0.5, 0.6) is 11.5 Å². The zero-order chi connectivity index (χ0) is 12.5. The molecule has 0 aliphatic carbocycles. The van der Waals surface area contributed by atoms with Gasteiger partial charge in [0.1, 0.15) is 11.5 Å². The van der Waals surface area contributed by atoms with Crippen molar-refractivity contribution < 1.29 is 9.47 Å². The molecular formula is C13H18N2O2. The minimum Gasteiger partial charge on any atom is -0.497 e. The predicted molar refractivity (Wildman–Crippen MR) is 65.8 cm³/mol. The molecule has 0 aliphatic rings. The summed E-state index contributed by atoms with van der Waals surface area (Å²) >= 11 is 0. The Labute approximate surface area is 102 Å². The molecule has 4 nitrogen and oxygen atoms in total. The standard InChI is InChI=1S/C13H18N2O2/c1-16-12-6-5-11(10-15)13(9-12)17-8-4-2-3-7-14/h5-6,9H,2-4,8,10,15H2,1H3. The molecule has 2 N–H and O–H groups in total. The highest BCUT2D eigenvalue weighted by Gasteiger charge is 2.04. The molecule has 0 unspecified atom stereocenters. The highest BCUT2D eigenvalue weighted by atomic mass is 16.5. The molecule has 92 valence electrons. The number of ether oxygens (including phenoxy) is 2. The van der Waals surface area contributed by atoms with E-state index in [1.807, 2.05) is 18.2 Å². The van der Waals surface area contributed by atoms with E-state index in [9.17, 15) is 0 Å². The summed E-state index contributed by atoms with van der Waals surface area (Å²) in [5.41, 5.74) is 6.59. The minimum atomic E-state index is 0.442. The Morgan fingerprint density at radius 3 is 2.82 bits per heavy atom. The zero-order valence-corrected chi connectivity index (χ0v) is 10.1. The number of nitrogens with two attached hydrogens (primary N) is 1. The molecule has 0 spiro atoms. The SMILES string of the molecule is COc1ccc(CN)c(OCCCCC#N)c1. The van der Waals surface area contributed by atoms with Gasteiger partial charge in [0.2, 0.25) is 0 Å². The molecular weight excluding hydrogens is 216 g/mol. The van der Waals surface area contributed by atoms with E-state index >= 15 is 0 Å². The molecule has 0 heterocycles.